The maximum atomic E-state index is 13.8. The van der Waals surface area contributed by atoms with Crippen molar-refractivity contribution in [2.24, 2.45) is 0 Å². The molecular weight excluding hydrogens is 253 g/mol. The summed E-state index contributed by atoms with van der Waals surface area (Å²) in [6, 6.07) is 2.52. The van der Waals surface area contributed by atoms with Gasteiger partial charge in [-0.05, 0) is 18.6 Å². The van der Waals surface area contributed by atoms with Crippen LogP contribution in [0.4, 0.5) is 10.1 Å². The molecule has 1 N–H and O–H groups in total. The van der Waals surface area contributed by atoms with E-state index in [2.05, 4.69) is 0 Å². The molecule has 1 aliphatic heterocycles. The molecule has 0 fully saturated rings. The van der Waals surface area contributed by atoms with Crippen LogP contribution in [0.3, 0.4) is 0 Å². The predicted molar refractivity (Wildman–Crippen MR) is 64.5 cm³/mol. The number of carbonyl (C=O) groups is 3. The number of benzene rings is 1. The van der Waals surface area contributed by atoms with Gasteiger partial charge in [0, 0.05) is 0 Å². The molecular formula is C13H12FNO4. The Labute approximate surface area is 108 Å². The quantitative estimate of drug-likeness (QED) is 0.839. The highest BCUT2D eigenvalue weighted by Crippen LogP contribution is 2.34. The summed E-state index contributed by atoms with van der Waals surface area (Å²) in [5.41, 5.74) is -0.300. The highest BCUT2D eigenvalue weighted by molar-refractivity contribution is 6.52. The first-order valence-corrected chi connectivity index (χ1v) is 5.88. The van der Waals surface area contributed by atoms with Crippen molar-refractivity contribution in [3.05, 3.63) is 29.6 Å². The molecule has 5 nitrogen and oxygen atoms in total. The molecule has 6 heteroatoms. The summed E-state index contributed by atoms with van der Waals surface area (Å²) in [5.74, 6) is -3.86. The van der Waals surface area contributed by atoms with Gasteiger partial charge in [0.15, 0.2) is 0 Å². The molecule has 0 radical (unpaired) electrons. The zero-order valence-corrected chi connectivity index (χ0v) is 10.2. The average Bonchev–Trinajstić information content (AvgIpc) is 2.61. The Kier molecular flexibility index (Phi) is 3.33. The van der Waals surface area contributed by atoms with Crippen molar-refractivity contribution in [3.8, 4) is 0 Å². The van der Waals surface area contributed by atoms with Crippen molar-refractivity contribution in [1.82, 2.24) is 0 Å². The largest absolute Gasteiger partial charge is 0.480 e. The molecule has 0 aromatic heterocycles. The molecule has 100 valence electrons. The van der Waals surface area contributed by atoms with Crippen LogP contribution in [0.5, 0.6) is 0 Å². The van der Waals surface area contributed by atoms with Crippen LogP contribution >= 0.6 is 0 Å². The van der Waals surface area contributed by atoms with Gasteiger partial charge in [-0.25, -0.2) is 9.18 Å². The van der Waals surface area contributed by atoms with E-state index in [1.165, 1.54) is 12.1 Å². The van der Waals surface area contributed by atoms with Gasteiger partial charge in [0.1, 0.15) is 11.9 Å². The number of anilines is 1. The third kappa shape index (κ3) is 1.99. The Balaban J connectivity index is 2.56. The van der Waals surface area contributed by atoms with Gasteiger partial charge in [0.2, 0.25) is 0 Å². The van der Waals surface area contributed by atoms with Gasteiger partial charge in [-0.15, -0.1) is 0 Å². The molecule has 1 atom stereocenters. The lowest BCUT2D eigenvalue weighted by molar-refractivity contribution is -0.139. The van der Waals surface area contributed by atoms with Crippen LogP contribution in [0, 0.1) is 5.82 Å². The molecule has 1 aromatic rings. The lowest BCUT2D eigenvalue weighted by Gasteiger charge is -2.24. The molecule has 1 heterocycles. The normalized spacial score (nSPS) is 15.6. The van der Waals surface area contributed by atoms with E-state index in [1.807, 2.05) is 0 Å². The summed E-state index contributed by atoms with van der Waals surface area (Å²) >= 11 is 0. The summed E-state index contributed by atoms with van der Waals surface area (Å²) < 4.78 is 13.8. The lowest BCUT2D eigenvalue weighted by atomic mass is 10.1. The lowest BCUT2D eigenvalue weighted by Crippen LogP contribution is -2.44. The molecule has 0 bridgehead atoms. The highest BCUT2D eigenvalue weighted by Gasteiger charge is 2.43. The van der Waals surface area contributed by atoms with Crippen molar-refractivity contribution in [3.63, 3.8) is 0 Å². The highest BCUT2D eigenvalue weighted by atomic mass is 19.1. The number of hydrogen-bond acceptors (Lipinski definition) is 3. The number of carbonyl (C=O) groups excluding carboxylic acids is 2. The van der Waals surface area contributed by atoms with Crippen LogP contribution in [0.2, 0.25) is 0 Å². The summed E-state index contributed by atoms with van der Waals surface area (Å²) in [6.07, 6.45) is 0.654. The number of rotatable bonds is 4. The number of carboxylic acid groups (broad SMARTS) is 1. The number of aliphatic carboxylic acids is 1. The van der Waals surface area contributed by atoms with Gasteiger partial charge >= 0.3 is 5.97 Å². The second-order valence-corrected chi connectivity index (χ2v) is 4.28. The summed E-state index contributed by atoms with van der Waals surface area (Å²) in [7, 11) is 0. The number of fused-ring (bicyclic) bond motifs is 1. The van der Waals surface area contributed by atoms with Crippen molar-refractivity contribution in [1.29, 1.82) is 0 Å². The first-order chi connectivity index (χ1) is 8.99. The number of amides is 1. The first-order valence-electron chi connectivity index (χ1n) is 5.88. The van der Waals surface area contributed by atoms with Crippen molar-refractivity contribution in [2.75, 3.05) is 4.90 Å². The van der Waals surface area contributed by atoms with E-state index < -0.39 is 29.5 Å². The average molecular weight is 265 g/mol. The Hall–Kier alpha value is -2.24. The van der Waals surface area contributed by atoms with Crippen LogP contribution < -0.4 is 4.90 Å². The molecule has 19 heavy (non-hydrogen) atoms. The van der Waals surface area contributed by atoms with E-state index in [9.17, 15) is 18.8 Å². The SMILES string of the molecule is CCCC(C(=O)O)N1C(=O)C(=O)c2cccc(F)c21. The fourth-order valence-corrected chi connectivity index (χ4v) is 2.20. The van der Waals surface area contributed by atoms with E-state index in [-0.39, 0.29) is 17.7 Å². The second-order valence-electron chi connectivity index (χ2n) is 4.28. The standard InChI is InChI=1S/C13H12FNO4/c1-2-4-9(13(18)19)15-10-7(11(16)12(15)17)5-3-6-8(10)14/h3,5-6,9H,2,4H2,1H3,(H,18,19). The van der Waals surface area contributed by atoms with E-state index in [1.54, 1.807) is 6.92 Å². The third-order valence-corrected chi connectivity index (χ3v) is 3.04. The Morgan fingerprint density at radius 1 is 1.42 bits per heavy atom. The fourth-order valence-electron chi connectivity index (χ4n) is 2.20. The summed E-state index contributed by atoms with van der Waals surface area (Å²) in [4.78, 5) is 35.6. The van der Waals surface area contributed by atoms with Crippen LogP contribution in [0.1, 0.15) is 30.1 Å². The Morgan fingerprint density at radius 2 is 2.11 bits per heavy atom. The Bertz CT molecular complexity index is 570. The summed E-state index contributed by atoms with van der Waals surface area (Å²) in [5, 5.41) is 9.16. The maximum absolute atomic E-state index is 13.8. The van der Waals surface area contributed by atoms with Crippen LogP contribution in [0.25, 0.3) is 0 Å². The minimum atomic E-state index is -1.25. The number of para-hydroxylation sites is 1. The Morgan fingerprint density at radius 3 is 2.68 bits per heavy atom. The number of ketones is 1. The van der Waals surface area contributed by atoms with Gasteiger partial charge < -0.3 is 5.11 Å². The van der Waals surface area contributed by atoms with Crippen LogP contribution in [-0.2, 0) is 9.59 Å². The van der Waals surface area contributed by atoms with Crippen molar-refractivity contribution >= 4 is 23.3 Å². The number of nitrogens with zero attached hydrogens (tertiary/aromatic N) is 1. The van der Waals surface area contributed by atoms with Gasteiger partial charge in [-0.1, -0.05) is 19.4 Å². The van der Waals surface area contributed by atoms with Gasteiger partial charge in [-0.3, -0.25) is 14.5 Å². The zero-order valence-electron chi connectivity index (χ0n) is 10.2. The topological polar surface area (TPSA) is 74.7 Å². The monoisotopic (exact) mass is 265 g/mol. The molecule has 0 saturated carbocycles. The fraction of sp³-hybridized carbons (Fsp3) is 0.308. The van der Waals surface area contributed by atoms with E-state index in [0.29, 0.717) is 6.42 Å². The molecule has 0 saturated heterocycles. The zero-order chi connectivity index (χ0) is 14.2. The van der Waals surface area contributed by atoms with Gasteiger partial charge in [0.05, 0.1) is 11.3 Å². The maximum Gasteiger partial charge on any atom is 0.326 e. The molecule has 1 aliphatic rings. The van der Waals surface area contributed by atoms with E-state index in [4.69, 9.17) is 5.11 Å². The molecule has 1 aromatic carbocycles. The van der Waals surface area contributed by atoms with E-state index in [0.717, 1.165) is 11.0 Å². The number of hydrogen-bond donors (Lipinski definition) is 1. The number of carboxylic acids is 1. The van der Waals surface area contributed by atoms with Gasteiger partial charge in [0.25, 0.3) is 11.7 Å². The smallest absolute Gasteiger partial charge is 0.326 e. The molecule has 1 unspecified atom stereocenters. The van der Waals surface area contributed by atoms with Crippen LogP contribution in [0.15, 0.2) is 18.2 Å². The first kappa shape index (κ1) is 13.2. The van der Waals surface area contributed by atoms with Crippen molar-refractivity contribution < 1.29 is 23.9 Å². The van der Waals surface area contributed by atoms with Crippen molar-refractivity contribution in [2.45, 2.75) is 25.8 Å². The van der Waals surface area contributed by atoms with Crippen LogP contribution in [-0.4, -0.2) is 28.8 Å². The predicted octanol–water partition coefficient (Wildman–Crippen LogP) is 1.61. The second kappa shape index (κ2) is 4.79. The number of Topliss-reactive ketones (excluding diaryl/α,β-unsaturated/α-hetero) is 1. The molecule has 0 aliphatic carbocycles. The molecule has 0 spiro atoms. The minimum absolute atomic E-state index is 0.0765. The third-order valence-electron chi connectivity index (χ3n) is 3.04. The number of halogens is 1. The van der Waals surface area contributed by atoms with E-state index >= 15 is 0 Å². The molecule has 2 rings (SSSR count). The minimum Gasteiger partial charge on any atom is -0.480 e. The molecule has 1 amide bonds. The summed E-state index contributed by atoms with van der Waals surface area (Å²) in [6.45, 7) is 1.75. The van der Waals surface area contributed by atoms with Gasteiger partial charge in [-0.2, -0.15) is 0 Å².